The number of hydrogen-bond acceptors (Lipinski definition) is 7. The molecule has 3 aliphatic rings. The van der Waals surface area contributed by atoms with Gasteiger partial charge in [0.05, 0.1) is 32.8 Å². The zero-order valence-electron chi connectivity index (χ0n) is 42.3. The molecule has 1 saturated carbocycles. The van der Waals surface area contributed by atoms with Crippen molar-refractivity contribution in [3.8, 4) is 11.5 Å². The number of fused-ring (bicyclic) bond motifs is 2. The van der Waals surface area contributed by atoms with Crippen molar-refractivity contribution >= 4 is 17.5 Å². The molecule has 0 radical (unpaired) electrons. The summed E-state index contributed by atoms with van der Waals surface area (Å²) in [5.41, 5.74) is 11.6. The van der Waals surface area contributed by atoms with Crippen molar-refractivity contribution in [2.45, 2.75) is 112 Å². The maximum atomic E-state index is 13.9. The number of piperidine rings is 1. The molecule has 0 aromatic heterocycles. The SMILES string of the molecule is COC(=O)C1CC(OC(=O)c2cc(OC)c(CC(C)(C)C(C)(C)c3ccccc3)c(OC)c2)CC2CN3CCC(c4ccc(C)cc4C)=C(C)C3CC21.Cc1ccccc1.Cc1ccccc1. The fourth-order valence-corrected chi connectivity index (χ4v) is 10.6. The first-order chi connectivity index (χ1) is 32.0. The molecule has 67 heavy (non-hydrogen) atoms. The smallest absolute Gasteiger partial charge is 0.338 e. The molecule has 0 bridgehead atoms. The van der Waals surface area contributed by atoms with Gasteiger partial charge in [0.2, 0.25) is 0 Å². The lowest BCUT2D eigenvalue weighted by Crippen LogP contribution is -2.55. The van der Waals surface area contributed by atoms with Crippen LogP contribution in [0.15, 0.2) is 127 Å². The van der Waals surface area contributed by atoms with E-state index in [1.54, 1.807) is 26.4 Å². The summed E-state index contributed by atoms with van der Waals surface area (Å²) >= 11 is 0. The molecule has 2 aliphatic heterocycles. The first-order valence-electron chi connectivity index (χ1n) is 24.1. The molecule has 1 aliphatic carbocycles. The van der Waals surface area contributed by atoms with E-state index >= 15 is 0 Å². The second-order valence-corrected chi connectivity index (χ2v) is 20.2. The average molecular weight is 906 g/mol. The highest BCUT2D eigenvalue weighted by molar-refractivity contribution is 5.91. The zero-order chi connectivity index (χ0) is 48.5. The highest BCUT2D eigenvalue weighted by atomic mass is 16.5. The number of carbonyl (C=O) groups excluding carboxylic acids is 2. The van der Waals surface area contributed by atoms with Crippen molar-refractivity contribution < 1.29 is 28.5 Å². The molecule has 5 atom stereocenters. The molecule has 8 rings (SSSR count). The maximum Gasteiger partial charge on any atom is 0.338 e. The van der Waals surface area contributed by atoms with E-state index in [1.807, 2.05) is 42.5 Å². The lowest BCUT2D eigenvalue weighted by Gasteiger charge is -2.52. The highest BCUT2D eigenvalue weighted by Crippen LogP contribution is 2.49. The molecule has 5 aromatic rings. The topological polar surface area (TPSA) is 74.3 Å². The number of hydrogen-bond donors (Lipinski definition) is 0. The third kappa shape index (κ3) is 12.1. The van der Waals surface area contributed by atoms with Crippen molar-refractivity contribution in [3.05, 3.63) is 171 Å². The van der Waals surface area contributed by atoms with Gasteiger partial charge >= 0.3 is 11.9 Å². The standard InChI is InChI=1S/C46H59NO6.2C7H8/c1-28-16-17-35(29(2)20-28)36-18-19-47-27-32-21-34(24-38(44(49)52-10)37(32)25-40(47)30(36)3)53-43(48)31-22-41(50-8)39(42(23-31)51-9)26-45(4,5)46(6,7)33-14-12-11-13-15-33;2*1-7-5-3-2-4-6-7/h11-17,20,22-23,32,34,37-38,40H,18-19,21,24-27H2,1-10H3;2*2-6H,1H3. The zero-order valence-corrected chi connectivity index (χ0v) is 42.3. The van der Waals surface area contributed by atoms with Crippen molar-refractivity contribution in [1.82, 2.24) is 4.90 Å². The molecule has 0 amide bonds. The normalized spacial score (nSPS) is 20.4. The fraction of sp³-hybridized carbons (Fsp3) is 0.433. The summed E-state index contributed by atoms with van der Waals surface area (Å²) in [4.78, 5) is 29.9. The van der Waals surface area contributed by atoms with E-state index in [-0.39, 0.29) is 40.6 Å². The monoisotopic (exact) mass is 906 g/mol. The predicted molar refractivity (Wildman–Crippen MR) is 273 cm³/mol. The summed E-state index contributed by atoms with van der Waals surface area (Å²) in [6.45, 7) is 21.7. The molecule has 0 N–H and O–H groups in total. The first kappa shape index (κ1) is 50.7. The largest absolute Gasteiger partial charge is 0.496 e. The average Bonchev–Trinajstić information content (AvgIpc) is 3.32. The van der Waals surface area contributed by atoms with Crippen LogP contribution >= 0.6 is 0 Å². The molecule has 356 valence electrons. The Morgan fingerprint density at radius 2 is 1.24 bits per heavy atom. The highest BCUT2D eigenvalue weighted by Gasteiger charge is 2.49. The molecule has 5 aromatic carbocycles. The number of methoxy groups -OCH3 is 3. The molecule has 2 heterocycles. The quantitative estimate of drug-likeness (QED) is 0.129. The minimum atomic E-state index is -0.437. The van der Waals surface area contributed by atoms with Gasteiger partial charge in [-0.05, 0) is 124 Å². The van der Waals surface area contributed by atoms with E-state index in [9.17, 15) is 9.59 Å². The summed E-state index contributed by atoms with van der Waals surface area (Å²) in [5, 5.41) is 0. The molecule has 1 saturated heterocycles. The molecular weight excluding hydrogens is 831 g/mol. The van der Waals surface area contributed by atoms with E-state index in [0.717, 1.165) is 37.9 Å². The Hall–Kier alpha value is -5.66. The van der Waals surface area contributed by atoms with Crippen LogP contribution in [0.3, 0.4) is 0 Å². The van der Waals surface area contributed by atoms with E-state index < -0.39 is 12.1 Å². The lowest BCUT2D eigenvalue weighted by atomic mass is 9.61. The van der Waals surface area contributed by atoms with Gasteiger partial charge in [0.25, 0.3) is 0 Å². The maximum absolute atomic E-state index is 13.9. The summed E-state index contributed by atoms with van der Waals surface area (Å²) < 4.78 is 23.5. The van der Waals surface area contributed by atoms with Gasteiger partial charge in [-0.1, -0.05) is 159 Å². The molecule has 0 spiro atoms. The number of aryl methyl sites for hydroxylation is 4. The lowest BCUT2D eigenvalue weighted by molar-refractivity contribution is -0.155. The number of nitrogens with zero attached hydrogens (tertiary/aromatic N) is 1. The molecule has 5 unspecified atom stereocenters. The Bertz CT molecular complexity index is 2390. The summed E-state index contributed by atoms with van der Waals surface area (Å²) in [5.74, 6) is 0.587. The van der Waals surface area contributed by atoms with Crippen LogP contribution in [0.5, 0.6) is 11.5 Å². The van der Waals surface area contributed by atoms with Crippen molar-refractivity contribution in [1.29, 1.82) is 0 Å². The Kier molecular flexibility index (Phi) is 17.0. The predicted octanol–water partition coefficient (Wildman–Crippen LogP) is 13.1. The second-order valence-electron chi connectivity index (χ2n) is 20.2. The Labute approximate surface area is 401 Å². The van der Waals surface area contributed by atoms with Crippen LogP contribution in [0, 0.1) is 50.9 Å². The number of ether oxygens (including phenoxy) is 4. The molecular formula is C60H75NO6. The van der Waals surface area contributed by atoms with Gasteiger partial charge in [-0.15, -0.1) is 0 Å². The van der Waals surface area contributed by atoms with Crippen LogP contribution in [-0.4, -0.2) is 63.4 Å². The van der Waals surface area contributed by atoms with Crippen LogP contribution in [0.2, 0.25) is 0 Å². The molecule has 2 fully saturated rings. The van der Waals surface area contributed by atoms with E-state index in [0.29, 0.717) is 29.9 Å². The van der Waals surface area contributed by atoms with Crippen molar-refractivity contribution in [3.63, 3.8) is 0 Å². The van der Waals surface area contributed by atoms with Gasteiger partial charge in [0.1, 0.15) is 17.6 Å². The van der Waals surface area contributed by atoms with Crippen LogP contribution in [0.25, 0.3) is 5.57 Å². The Balaban J connectivity index is 0.000000450. The van der Waals surface area contributed by atoms with Gasteiger partial charge in [-0.25, -0.2) is 4.79 Å². The van der Waals surface area contributed by atoms with Crippen LogP contribution in [0.1, 0.15) is 110 Å². The van der Waals surface area contributed by atoms with Gasteiger partial charge in [0.15, 0.2) is 0 Å². The molecule has 7 heteroatoms. The fourth-order valence-electron chi connectivity index (χ4n) is 10.6. The van der Waals surface area contributed by atoms with Crippen LogP contribution in [-0.2, 0) is 26.1 Å². The minimum absolute atomic E-state index is 0.162. The van der Waals surface area contributed by atoms with Gasteiger partial charge in [-0.2, -0.15) is 0 Å². The van der Waals surface area contributed by atoms with Crippen molar-refractivity contribution in [2.75, 3.05) is 34.4 Å². The Morgan fingerprint density at radius 3 is 1.75 bits per heavy atom. The third-order valence-electron chi connectivity index (χ3n) is 15.3. The van der Waals surface area contributed by atoms with Crippen LogP contribution in [0.4, 0.5) is 0 Å². The van der Waals surface area contributed by atoms with E-state index in [4.69, 9.17) is 18.9 Å². The van der Waals surface area contributed by atoms with E-state index in [1.165, 1.54) is 51.6 Å². The van der Waals surface area contributed by atoms with E-state index in [2.05, 4.69) is 134 Å². The van der Waals surface area contributed by atoms with Gasteiger partial charge in [-0.3, -0.25) is 9.69 Å². The van der Waals surface area contributed by atoms with Gasteiger partial charge in [0, 0.05) is 24.7 Å². The number of benzene rings is 5. The van der Waals surface area contributed by atoms with Crippen molar-refractivity contribution in [2.24, 2.45) is 23.2 Å². The van der Waals surface area contributed by atoms with Gasteiger partial charge < -0.3 is 18.9 Å². The first-order valence-corrected chi connectivity index (χ1v) is 24.1. The van der Waals surface area contributed by atoms with Crippen LogP contribution < -0.4 is 9.47 Å². The summed E-state index contributed by atoms with van der Waals surface area (Å²) in [7, 11) is 4.72. The number of carbonyl (C=O) groups is 2. The second kappa shape index (κ2) is 22.4. The minimum Gasteiger partial charge on any atom is -0.496 e. The number of rotatable bonds is 10. The Morgan fingerprint density at radius 1 is 0.672 bits per heavy atom. The third-order valence-corrected chi connectivity index (χ3v) is 15.3. The summed E-state index contributed by atoms with van der Waals surface area (Å²) in [6, 6.07) is 41.6. The summed E-state index contributed by atoms with van der Waals surface area (Å²) in [6.07, 6.45) is 3.34. The number of esters is 2. The molecule has 7 nitrogen and oxygen atoms in total.